The van der Waals surface area contributed by atoms with Gasteiger partial charge in [-0.1, -0.05) is 42.7 Å². The molecule has 36 heavy (non-hydrogen) atoms. The number of carbonyl (C=O) groups is 4. The third-order valence-corrected chi connectivity index (χ3v) is 5.78. The monoisotopic (exact) mass is 502 g/mol. The summed E-state index contributed by atoms with van der Waals surface area (Å²) in [6.07, 6.45) is 2.40. The van der Waals surface area contributed by atoms with Gasteiger partial charge in [0.2, 0.25) is 17.7 Å². The summed E-state index contributed by atoms with van der Waals surface area (Å²) in [6, 6.07) is 3.77. The normalized spacial score (nSPS) is 14.9. The van der Waals surface area contributed by atoms with E-state index in [0.717, 1.165) is 36.8 Å². The molecule has 0 aromatic heterocycles. The standard InChI is InChI=1S/C27H42N4O5/c1-7-8-13-29-24(33)23(19-15-17(2)14-18(3)16-19)31(20-9-10-20)25(34)21(11-12-22(28)32)30-26(35)36-27(4,5)6/h14-16,20-21,23H,7-13H2,1-6H3,(H2,28,32)(H,29,33)(H,30,35). The van der Waals surface area contributed by atoms with Crippen LogP contribution in [0.2, 0.25) is 0 Å². The van der Waals surface area contributed by atoms with Crippen LogP contribution in [0.3, 0.4) is 0 Å². The maximum Gasteiger partial charge on any atom is 0.408 e. The molecular weight excluding hydrogens is 460 g/mol. The molecule has 0 radical (unpaired) electrons. The Hall–Kier alpha value is -3.10. The number of nitrogens with one attached hydrogen (secondary N) is 2. The van der Waals surface area contributed by atoms with Crippen LogP contribution in [-0.2, 0) is 19.1 Å². The fourth-order valence-electron chi connectivity index (χ4n) is 4.14. The minimum Gasteiger partial charge on any atom is -0.444 e. The maximum absolute atomic E-state index is 14.0. The van der Waals surface area contributed by atoms with Gasteiger partial charge in [-0.25, -0.2) is 4.79 Å². The zero-order valence-corrected chi connectivity index (χ0v) is 22.5. The van der Waals surface area contributed by atoms with E-state index in [2.05, 4.69) is 10.6 Å². The molecule has 1 aromatic carbocycles. The van der Waals surface area contributed by atoms with Crippen molar-refractivity contribution < 1.29 is 23.9 Å². The van der Waals surface area contributed by atoms with Crippen LogP contribution in [0.15, 0.2) is 18.2 Å². The van der Waals surface area contributed by atoms with Crippen molar-refractivity contribution in [1.82, 2.24) is 15.5 Å². The van der Waals surface area contributed by atoms with Crippen molar-refractivity contribution >= 4 is 23.8 Å². The topological polar surface area (TPSA) is 131 Å². The lowest BCUT2D eigenvalue weighted by atomic mass is 9.97. The molecule has 2 atom stereocenters. The molecule has 0 heterocycles. The van der Waals surface area contributed by atoms with E-state index in [1.807, 2.05) is 39.0 Å². The Kier molecular flexibility index (Phi) is 10.3. The zero-order chi connectivity index (χ0) is 27.0. The molecule has 0 spiro atoms. The molecule has 200 valence electrons. The summed E-state index contributed by atoms with van der Waals surface area (Å²) >= 11 is 0. The largest absolute Gasteiger partial charge is 0.444 e. The lowest BCUT2D eigenvalue weighted by Crippen LogP contribution is -2.54. The molecule has 0 bridgehead atoms. The molecule has 0 aliphatic heterocycles. The molecule has 1 aliphatic carbocycles. The van der Waals surface area contributed by atoms with Crippen LogP contribution in [0.5, 0.6) is 0 Å². The predicted octanol–water partition coefficient (Wildman–Crippen LogP) is 3.41. The van der Waals surface area contributed by atoms with Gasteiger partial charge in [0.25, 0.3) is 0 Å². The van der Waals surface area contributed by atoms with E-state index in [-0.39, 0.29) is 24.8 Å². The van der Waals surface area contributed by atoms with E-state index >= 15 is 0 Å². The molecule has 1 fully saturated rings. The Morgan fingerprint density at radius 3 is 2.22 bits per heavy atom. The maximum atomic E-state index is 14.0. The number of rotatable bonds is 12. The first-order valence-electron chi connectivity index (χ1n) is 12.8. The number of alkyl carbamates (subject to hydrolysis) is 1. The number of ether oxygens (including phenoxy) is 1. The predicted molar refractivity (Wildman–Crippen MR) is 138 cm³/mol. The molecule has 9 heteroatoms. The molecule has 4 amide bonds. The van der Waals surface area contributed by atoms with Crippen LogP contribution in [0.1, 0.15) is 89.0 Å². The number of nitrogens with zero attached hydrogens (tertiary/aromatic N) is 1. The first-order valence-corrected chi connectivity index (χ1v) is 12.8. The second-order valence-corrected chi connectivity index (χ2v) is 10.6. The number of nitrogens with two attached hydrogens (primary N) is 1. The van der Waals surface area contributed by atoms with Crippen LogP contribution in [0.4, 0.5) is 4.79 Å². The third-order valence-electron chi connectivity index (χ3n) is 5.78. The molecule has 9 nitrogen and oxygen atoms in total. The van der Waals surface area contributed by atoms with E-state index in [9.17, 15) is 19.2 Å². The van der Waals surface area contributed by atoms with Gasteiger partial charge in [-0.3, -0.25) is 14.4 Å². The highest BCUT2D eigenvalue weighted by molar-refractivity contribution is 5.93. The van der Waals surface area contributed by atoms with Gasteiger partial charge in [0.15, 0.2) is 0 Å². The minimum absolute atomic E-state index is 0.00759. The number of hydrogen-bond donors (Lipinski definition) is 3. The van der Waals surface area contributed by atoms with Gasteiger partial charge in [-0.2, -0.15) is 0 Å². The molecule has 4 N–H and O–H groups in total. The number of aryl methyl sites for hydroxylation is 2. The summed E-state index contributed by atoms with van der Waals surface area (Å²) in [7, 11) is 0. The Labute approximate surface area is 214 Å². The van der Waals surface area contributed by atoms with Gasteiger partial charge in [-0.15, -0.1) is 0 Å². The fraction of sp³-hybridized carbons (Fsp3) is 0.630. The van der Waals surface area contributed by atoms with Gasteiger partial charge >= 0.3 is 6.09 Å². The van der Waals surface area contributed by atoms with Gasteiger partial charge in [0.05, 0.1) is 0 Å². The number of unbranched alkanes of at least 4 members (excludes halogenated alkanes) is 1. The molecule has 1 saturated carbocycles. The average Bonchev–Trinajstić information content (AvgIpc) is 3.57. The molecule has 2 unspecified atom stereocenters. The van der Waals surface area contributed by atoms with Crippen LogP contribution < -0.4 is 16.4 Å². The number of hydrogen-bond acceptors (Lipinski definition) is 5. The first-order chi connectivity index (χ1) is 16.8. The molecule has 2 rings (SSSR count). The van der Waals surface area contributed by atoms with Crippen molar-refractivity contribution in [2.75, 3.05) is 6.54 Å². The van der Waals surface area contributed by atoms with Gasteiger partial charge in [0, 0.05) is 19.0 Å². The first kappa shape index (κ1) is 29.1. The van der Waals surface area contributed by atoms with Crippen LogP contribution in [0, 0.1) is 13.8 Å². The molecule has 0 saturated heterocycles. The lowest BCUT2D eigenvalue weighted by Gasteiger charge is -2.35. The van der Waals surface area contributed by atoms with Gasteiger partial charge in [-0.05, 0) is 65.9 Å². The molecular formula is C27H42N4O5. The summed E-state index contributed by atoms with van der Waals surface area (Å²) < 4.78 is 5.35. The number of benzene rings is 1. The average molecular weight is 503 g/mol. The highest BCUT2D eigenvalue weighted by Crippen LogP contribution is 2.36. The van der Waals surface area contributed by atoms with Crippen molar-refractivity contribution in [3.8, 4) is 0 Å². The molecule has 1 aromatic rings. The summed E-state index contributed by atoms with van der Waals surface area (Å²) in [5.74, 6) is -1.28. The summed E-state index contributed by atoms with van der Waals surface area (Å²) in [5, 5.41) is 5.60. The van der Waals surface area contributed by atoms with E-state index in [1.165, 1.54) is 0 Å². The van der Waals surface area contributed by atoms with Crippen LogP contribution >= 0.6 is 0 Å². The van der Waals surface area contributed by atoms with Crippen molar-refractivity contribution in [1.29, 1.82) is 0 Å². The number of carbonyl (C=O) groups excluding carboxylic acids is 4. The van der Waals surface area contributed by atoms with E-state index < -0.39 is 35.6 Å². The Morgan fingerprint density at radius 1 is 1.11 bits per heavy atom. The minimum atomic E-state index is -1.07. The van der Waals surface area contributed by atoms with Gasteiger partial charge < -0.3 is 26.0 Å². The van der Waals surface area contributed by atoms with E-state index in [4.69, 9.17) is 10.5 Å². The third kappa shape index (κ3) is 9.17. The smallest absolute Gasteiger partial charge is 0.408 e. The molecule has 1 aliphatic rings. The summed E-state index contributed by atoms with van der Waals surface area (Å²) in [6.45, 7) is 11.6. The second-order valence-electron chi connectivity index (χ2n) is 10.6. The fourth-order valence-corrected chi connectivity index (χ4v) is 4.14. The van der Waals surface area contributed by atoms with Gasteiger partial charge in [0.1, 0.15) is 17.7 Å². The highest BCUT2D eigenvalue weighted by atomic mass is 16.6. The summed E-state index contributed by atoms with van der Waals surface area (Å²) in [4.78, 5) is 53.2. The number of primary amides is 1. The van der Waals surface area contributed by atoms with Crippen molar-refractivity contribution in [2.24, 2.45) is 5.73 Å². The SMILES string of the molecule is CCCCNC(=O)C(c1cc(C)cc(C)c1)N(C(=O)C(CCC(N)=O)NC(=O)OC(C)(C)C)C1CC1. The van der Waals surface area contributed by atoms with E-state index in [0.29, 0.717) is 12.1 Å². The van der Waals surface area contributed by atoms with Crippen LogP contribution in [0.25, 0.3) is 0 Å². The number of amides is 4. The van der Waals surface area contributed by atoms with E-state index in [1.54, 1.807) is 25.7 Å². The zero-order valence-electron chi connectivity index (χ0n) is 22.5. The highest BCUT2D eigenvalue weighted by Gasteiger charge is 2.44. The quantitative estimate of drug-likeness (QED) is 0.377. The van der Waals surface area contributed by atoms with Crippen molar-refractivity contribution in [3.05, 3.63) is 34.9 Å². The second kappa shape index (κ2) is 12.7. The summed E-state index contributed by atoms with van der Waals surface area (Å²) in [5.41, 5.74) is 7.27. The Bertz CT molecular complexity index is 932. The Morgan fingerprint density at radius 2 is 1.72 bits per heavy atom. The Balaban J connectivity index is 2.45. The van der Waals surface area contributed by atoms with Crippen molar-refractivity contribution in [2.45, 2.75) is 104 Å². The van der Waals surface area contributed by atoms with Crippen LogP contribution in [-0.4, -0.2) is 52.9 Å². The lowest BCUT2D eigenvalue weighted by molar-refractivity contribution is -0.143. The van der Waals surface area contributed by atoms with Crippen molar-refractivity contribution in [3.63, 3.8) is 0 Å².